The summed E-state index contributed by atoms with van der Waals surface area (Å²) in [6.07, 6.45) is 3.08. The highest BCUT2D eigenvalue weighted by Crippen LogP contribution is 2.44. The molecule has 0 atom stereocenters. The smallest absolute Gasteiger partial charge is 0.303 e. The van der Waals surface area contributed by atoms with Crippen LogP contribution in [0.2, 0.25) is 0 Å². The van der Waals surface area contributed by atoms with E-state index in [-0.39, 0.29) is 11.8 Å². The van der Waals surface area contributed by atoms with E-state index in [1.165, 1.54) is 22.3 Å². The zero-order chi connectivity index (χ0) is 12.6. The Morgan fingerprint density at radius 3 is 2.06 bits per heavy atom. The average Bonchev–Trinajstić information content (AvgIpc) is 2.64. The number of carboxylic acids is 1. The maximum Gasteiger partial charge on any atom is 0.303 e. The van der Waals surface area contributed by atoms with Gasteiger partial charge in [-0.15, -0.1) is 0 Å². The largest absolute Gasteiger partial charge is 0.481 e. The Balaban J connectivity index is 2.39. The van der Waals surface area contributed by atoms with Gasteiger partial charge in [0.15, 0.2) is 0 Å². The molecule has 0 aliphatic heterocycles. The molecule has 1 aliphatic rings. The van der Waals surface area contributed by atoms with Crippen LogP contribution in [-0.2, 0) is 17.6 Å². The topological polar surface area (TPSA) is 37.3 Å². The second-order valence-electron chi connectivity index (χ2n) is 5.43. The highest BCUT2D eigenvalue weighted by molar-refractivity contribution is 5.68. The molecule has 0 unspecified atom stereocenters. The highest BCUT2D eigenvalue weighted by Gasteiger charge is 2.38. The molecule has 1 aromatic carbocycles. The molecule has 0 bridgehead atoms. The first kappa shape index (κ1) is 12.2. The molecule has 2 rings (SSSR count). The number of rotatable bonds is 3. The number of hydrogen-bond donors (Lipinski definition) is 1. The van der Waals surface area contributed by atoms with Crippen LogP contribution in [0.4, 0.5) is 0 Å². The first-order valence-corrected chi connectivity index (χ1v) is 6.27. The van der Waals surface area contributed by atoms with E-state index in [9.17, 15) is 4.79 Å². The summed E-state index contributed by atoms with van der Waals surface area (Å²) in [7, 11) is 0. The highest BCUT2D eigenvalue weighted by atomic mass is 16.4. The zero-order valence-electron chi connectivity index (χ0n) is 10.8. The van der Waals surface area contributed by atoms with E-state index >= 15 is 0 Å². The molecule has 2 nitrogen and oxygen atoms in total. The molecule has 0 fully saturated rings. The molecule has 1 aromatic rings. The summed E-state index contributed by atoms with van der Waals surface area (Å²) < 4.78 is 0. The Bertz CT molecular complexity index is 429. The number of aryl methyl sites for hydroxylation is 2. The molecule has 1 N–H and O–H groups in total. The summed E-state index contributed by atoms with van der Waals surface area (Å²) in [5.74, 6) is -0.671. The van der Waals surface area contributed by atoms with Gasteiger partial charge in [-0.05, 0) is 60.8 Å². The molecule has 0 saturated heterocycles. The van der Waals surface area contributed by atoms with Gasteiger partial charge in [-0.1, -0.05) is 19.1 Å². The molecular weight excluding hydrogens is 212 g/mol. The lowest BCUT2D eigenvalue weighted by molar-refractivity contribution is -0.139. The molecular formula is C15H20O2. The molecule has 2 heteroatoms. The minimum Gasteiger partial charge on any atom is -0.481 e. The molecule has 0 spiro atoms. The van der Waals surface area contributed by atoms with Crippen molar-refractivity contribution in [3.63, 3.8) is 0 Å². The van der Waals surface area contributed by atoms with Crippen LogP contribution in [0.5, 0.6) is 0 Å². The summed E-state index contributed by atoms with van der Waals surface area (Å²) in [5.41, 5.74) is 5.37. The Labute approximate surface area is 103 Å². The van der Waals surface area contributed by atoms with Crippen molar-refractivity contribution in [1.82, 2.24) is 0 Å². The van der Waals surface area contributed by atoms with Gasteiger partial charge >= 0.3 is 5.97 Å². The maximum atomic E-state index is 11.0. The van der Waals surface area contributed by atoms with Crippen molar-refractivity contribution >= 4 is 5.97 Å². The van der Waals surface area contributed by atoms with Gasteiger partial charge in [0, 0.05) is 0 Å². The molecule has 92 valence electrons. The van der Waals surface area contributed by atoms with Gasteiger partial charge in [-0.25, -0.2) is 0 Å². The van der Waals surface area contributed by atoms with Crippen LogP contribution in [-0.4, -0.2) is 11.1 Å². The Hall–Kier alpha value is -1.31. The van der Waals surface area contributed by atoms with E-state index in [2.05, 4.69) is 32.9 Å². The van der Waals surface area contributed by atoms with Crippen LogP contribution in [0.1, 0.15) is 42.0 Å². The van der Waals surface area contributed by atoms with Crippen molar-refractivity contribution in [3.05, 3.63) is 34.4 Å². The normalized spacial score (nSPS) is 16.9. The molecule has 0 heterocycles. The van der Waals surface area contributed by atoms with E-state index < -0.39 is 5.97 Å². The minimum absolute atomic E-state index is 0.0506. The van der Waals surface area contributed by atoms with E-state index in [4.69, 9.17) is 5.11 Å². The molecule has 1 aliphatic carbocycles. The number of benzene rings is 1. The Kier molecular flexibility index (Phi) is 2.98. The van der Waals surface area contributed by atoms with E-state index in [1.54, 1.807) is 0 Å². The third-order valence-corrected chi connectivity index (χ3v) is 4.28. The molecule has 0 amide bonds. The average molecular weight is 232 g/mol. The second-order valence-corrected chi connectivity index (χ2v) is 5.43. The Morgan fingerprint density at radius 2 is 1.71 bits per heavy atom. The third-order valence-electron chi connectivity index (χ3n) is 4.28. The standard InChI is InChI=1S/C15H20O2/c1-4-15(9-14(16)17)7-12-10(2)5-6-11(3)13(12)8-15/h5-6H,4,7-9H2,1-3H3,(H,16,17). The van der Waals surface area contributed by atoms with Gasteiger partial charge in [0.05, 0.1) is 6.42 Å². The number of fused-ring (bicyclic) bond motifs is 1. The number of carboxylic acid groups (broad SMARTS) is 1. The van der Waals surface area contributed by atoms with Crippen LogP contribution in [0.3, 0.4) is 0 Å². The number of hydrogen-bond acceptors (Lipinski definition) is 1. The van der Waals surface area contributed by atoms with Crippen LogP contribution in [0.25, 0.3) is 0 Å². The van der Waals surface area contributed by atoms with E-state index in [1.807, 2.05) is 0 Å². The van der Waals surface area contributed by atoms with Crippen LogP contribution in [0, 0.1) is 19.3 Å². The van der Waals surface area contributed by atoms with Crippen LogP contribution in [0.15, 0.2) is 12.1 Å². The summed E-state index contributed by atoms with van der Waals surface area (Å²) in [5, 5.41) is 9.09. The van der Waals surface area contributed by atoms with Crippen molar-refractivity contribution < 1.29 is 9.90 Å². The minimum atomic E-state index is -0.671. The maximum absolute atomic E-state index is 11.0. The fourth-order valence-electron chi connectivity index (χ4n) is 3.05. The number of aliphatic carboxylic acids is 1. The third kappa shape index (κ3) is 2.08. The summed E-state index contributed by atoms with van der Waals surface area (Å²) in [6.45, 7) is 6.37. The van der Waals surface area contributed by atoms with Crippen LogP contribution >= 0.6 is 0 Å². The first-order chi connectivity index (χ1) is 7.97. The van der Waals surface area contributed by atoms with Gasteiger partial charge in [-0.2, -0.15) is 0 Å². The van der Waals surface area contributed by atoms with Crippen LogP contribution < -0.4 is 0 Å². The Morgan fingerprint density at radius 1 is 1.24 bits per heavy atom. The SMILES string of the molecule is CCC1(CC(=O)O)Cc2c(C)ccc(C)c2C1. The van der Waals surface area contributed by atoms with Crippen molar-refractivity contribution in [2.75, 3.05) is 0 Å². The summed E-state index contributed by atoms with van der Waals surface area (Å²) in [6, 6.07) is 4.31. The quantitative estimate of drug-likeness (QED) is 0.868. The molecule has 0 radical (unpaired) electrons. The zero-order valence-corrected chi connectivity index (χ0v) is 10.8. The predicted octanol–water partition coefficient (Wildman–Crippen LogP) is 3.27. The summed E-state index contributed by atoms with van der Waals surface area (Å²) in [4.78, 5) is 11.0. The van der Waals surface area contributed by atoms with Gasteiger partial charge < -0.3 is 5.11 Å². The van der Waals surface area contributed by atoms with E-state index in [0.29, 0.717) is 0 Å². The lowest BCUT2D eigenvalue weighted by Crippen LogP contribution is -2.24. The molecule has 17 heavy (non-hydrogen) atoms. The van der Waals surface area contributed by atoms with Crippen molar-refractivity contribution in [2.45, 2.75) is 46.5 Å². The van der Waals surface area contributed by atoms with Gasteiger partial charge in [0.1, 0.15) is 0 Å². The predicted molar refractivity (Wildman–Crippen MR) is 68.3 cm³/mol. The summed E-state index contributed by atoms with van der Waals surface area (Å²) >= 11 is 0. The van der Waals surface area contributed by atoms with Gasteiger partial charge in [0.2, 0.25) is 0 Å². The second kappa shape index (κ2) is 4.17. The van der Waals surface area contributed by atoms with E-state index in [0.717, 1.165) is 19.3 Å². The fourth-order valence-corrected chi connectivity index (χ4v) is 3.05. The fraction of sp³-hybridized carbons (Fsp3) is 0.533. The monoisotopic (exact) mass is 232 g/mol. The molecule has 0 aromatic heterocycles. The first-order valence-electron chi connectivity index (χ1n) is 6.27. The number of carbonyl (C=O) groups is 1. The van der Waals surface area contributed by atoms with Crippen molar-refractivity contribution in [2.24, 2.45) is 5.41 Å². The van der Waals surface area contributed by atoms with Gasteiger partial charge in [0.25, 0.3) is 0 Å². The van der Waals surface area contributed by atoms with Gasteiger partial charge in [-0.3, -0.25) is 4.79 Å². The van der Waals surface area contributed by atoms with Crippen molar-refractivity contribution in [3.8, 4) is 0 Å². The molecule has 0 saturated carbocycles. The lowest BCUT2D eigenvalue weighted by Gasteiger charge is -2.25. The lowest BCUT2D eigenvalue weighted by atomic mass is 9.79. The van der Waals surface area contributed by atoms with Crippen molar-refractivity contribution in [1.29, 1.82) is 0 Å².